The summed E-state index contributed by atoms with van der Waals surface area (Å²) in [7, 11) is 0. The van der Waals surface area contributed by atoms with E-state index >= 15 is 0 Å². The molecule has 2 aromatic rings. The summed E-state index contributed by atoms with van der Waals surface area (Å²) in [5.41, 5.74) is 8.98. The van der Waals surface area contributed by atoms with Gasteiger partial charge in [0.05, 0.1) is 0 Å². The Morgan fingerprint density at radius 1 is 1.14 bits per heavy atom. The Balaban J connectivity index is 1.70. The van der Waals surface area contributed by atoms with Gasteiger partial charge in [0.2, 0.25) is 5.91 Å². The third-order valence-corrected chi connectivity index (χ3v) is 4.07. The molecule has 0 fully saturated rings. The highest BCUT2D eigenvalue weighted by Crippen LogP contribution is 2.36. The topological polar surface area (TPSA) is 46.3 Å². The third kappa shape index (κ3) is 2.80. The standard InChI is InChI=1S/C17H17ClN2O/c18-13-8-9-15-14(11-13)16(19)17(21)20(15)10-4-7-12-5-2-1-3-6-12/h1-3,5-6,8-9,11,16H,4,7,10,19H2. The van der Waals surface area contributed by atoms with Crippen LogP contribution in [0.15, 0.2) is 48.5 Å². The fraction of sp³-hybridized carbons (Fsp3) is 0.235. The number of fused-ring (bicyclic) bond motifs is 1. The molecule has 1 unspecified atom stereocenters. The molecule has 0 saturated heterocycles. The maximum absolute atomic E-state index is 12.3. The van der Waals surface area contributed by atoms with Gasteiger partial charge >= 0.3 is 0 Å². The Morgan fingerprint density at radius 2 is 1.90 bits per heavy atom. The number of hydrogen-bond donors (Lipinski definition) is 1. The second-order valence-electron chi connectivity index (χ2n) is 5.26. The van der Waals surface area contributed by atoms with Gasteiger partial charge in [0.1, 0.15) is 6.04 Å². The molecule has 1 atom stereocenters. The first-order valence-electron chi connectivity index (χ1n) is 7.07. The molecule has 2 N–H and O–H groups in total. The van der Waals surface area contributed by atoms with Gasteiger partial charge in [-0.05, 0) is 36.6 Å². The molecule has 0 aliphatic carbocycles. The quantitative estimate of drug-likeness (QED) is 0.941. The van der Waals surface area contributed by atoms with Crippen molar-refractivity contribution >= 4 is 23.2 Å². The first kappa shape index (κ1) is 14.1. The summed E-state index contributed by atoms with van der Waals surface area (Å²) in [6, 6.07) is 15.2. The molecule has 108 valence electrons. The number of carbonyl (C=O) groups excluding carboxylic acids is 1. The number of halogens is 1. The van der Waals surface area contributed by atoms with Gasteiger partial charge in [0.25, 0.3) is 0 Å². The molecule has 3 rings (SSSR count). The minimum atomic E-state index is -0.588. The van der Waals surface area contributed by atoms with Crippen LogP contribution >= 0.6 is 11.6 Å². The zero-order chi connectivity index (χ0) is 14.8. The highest BCUT2D eigenvalue weighted by molar-refractivity contribution is 6.31. The lowest BCUT2D eigenvalue weighted by atomic mass is 10.1. The van der Waals surface area contributed by atoms with Gasteiger partial charge < -0.3 is 10.6 Å². The van der Waals surface area contributed by atoms with E-state index in [0.29, 0.717) is 11.6 Å². The van der Waals surface area contributed by atoms with Gasteiger partial charge in [0.15, 0.2) is 0 Å². The average molecular weight is 301 g/mol. The van der Waals surface area contributed by atoms with E-state index in [2.05, 4.69) is 12.1 Å². The van der Waals surface area contributed by atoms with Crippen LogP contribution in [0.5, 0.6) is 0 Å². The number of nitrogens with two attached hydrogens (primary N) is 1. The largest absolute Gasteiger partial charge is 0.316 e. The third-order valence-electron chi connectivity index (χ3n) is 3.84. The van der Waals surface area contributed by atoms with Gasteiger partial charge in [-0.2, -0.15) is 0 Å². The van der Waals surface area contributed by atoms with Crippen LogP contribution in [0, 0.1) is 0 Å². The molecule has 4 heteroatoms. The van der Waals surface area contributed by atoms with E-state index in [1.807, 2.05) is 24.3 Å². The molecule has 0 saturated carbocycles. The van der Waals surface area contributed by atoms with Crippen molar-refractivity contribution in [2.45, 2.75) is 18.9 Å². The molecule has 1 aliphatic heterocycles. The SMILES string of the molecule is NC1C(=O)N(CCCc2ccccc2)c2ccc(Cl)cc21. The molecule has 0 aromatic heterocycles. The number of nitrogens with zero attached hydrogens (tertiary/aromatic N) is 1. The van der Waals surface area contributed by atoms with E-state index in [1.54, 1.807) is 17.0 Å². The highest BCUT2D eigenvalue weighted by Gasteiger charge is 2.34. The summed E-state index contributed by atoms with van der Waals surface area (Å²) in [5.74, 6) is -0.0414. The molecule has 21 heavy (non-hydrogen) atoms. The van der Waals surface area contributed by atoms with Crippen molar-refractivity contribution in [3.05, 3.63) is 64.7 Å². The molecule has 2 aromatic carbocycles. The Morgan fingerprint density at radius 3 is 2.67 bits per heavy atom. The smallest absolute Gasteiger partial charge is 0.248 e. The van der Waals surface area contributed by atoms with Crippen molar-refractivity contribution in [1.29, 1.82) is 0 Å². The van der Waals surface area contributed by atoms with Crippen LogP contribution < -0.4 is 10.6 Å². The number of hydrogen-bond acceptors (Lipinski definition) is 2. The van der Waals surface area contributed by atoms with Crippen LogP contribution in [0.1, 0.15) is 23.6 Å². The molecule has 1 amide bonds. The van der Waals surface area contributed by atoms with Gasteiger partial charge in [-0.1, -0.05) is 41.9 Å². The molecule has 3 nitrogen and oxygen atoms in total. The van der Waals surface area contributed by atoms with Crippen LogP contribution in [0.4, 0.5) is 5.69 Å². The van der Waals surface area contributed by atoms with Crippen LogP contribution in [0.2, 0.25) is 5.02 Å². The molecule has 0 bridgehead atoms. The fourth-order valence-corrected chi connectivity index (χ4v) is 2.94. The van der Waals surface area contributed by atoms with Crippen molar-refractivity contribution < 1.29 is 4.79 Å². The molecule has 1 heterocycles. The lowest BCUT2D eigenvalue weighted by Crippen LogP contribution is -2.32. The summed E-state index contributed by atoms with van der Waals surface area (Å²) in [6.07, 6.45) is 1.85. The maximum Gasteiger partial charge on any atom is 0.248 e. The predicted molar refractivity (Wildman–Crippen MR) is 85.5 cm³/mol. The maximum atomic E-state index is 12.3. The Bertz CT molecular complexity index is 657. The van der Waals surface area contributed by atoms with Crippen molar-refractivity contribution in [1.82, 2.24) is 0 Å². The van der Waals surface area contributed by atoms with Crippen LogP contribution in [0.25, 0.3) is 0 Å². The summed E-state index contributed by atoms with van der Waals surface area (Å²) in [6.45, 7) is 0.677. The first-order chi connectivity index (χ1) is 10.2. The van der Waals surface area contributed by atoms with Crippen LogP contribution in [-0.4, -0.2) is 12.5 Å². The van der Waals surface area contributed by atoms with E-state index < -0.39 is 6.04 Å². The van der Waals surface area contributed by atoms with Gasteiger partial charge in [-0.15, -0.1) is 0 Å². The highest BCUT2D eigenvalue weighted by atomic mass is 35.5. The van der Waals surface area contributed by atoms with Gasteiger partial charge in [-0.25, -0.2) is 0 Å². The van der Waals surface area contributed by atoms with Gasteiger partial charge in [0, 0.05) is 22.8 Å². The second kappa shape index (κ2) is 5.88. The number of rotatable bonds is 4. The zero-order valence-electron chi connectivity index (χ0n) is 11.6. The molecular formula is C17H17ClN2O. The fourth-order valence-electron chi connectivity index (χ4n) is 2.76. The molecule has 0 spiro atoms. The van der Waals surface area contributed by atoms with Crippen molar-refractivity contribution in [2.24, 2.45) is 5.73 Å². The van der Waals surface area contributed by atoms with Crippen molar-refractivity contribution in [3.8, 4) is 0 Å². The number of amides is 1. The normalized spacial score (nSPS) is 17.1. The van der Waals surface area contributed by atoms with Crippen molar-refractivity contribution in [2.75, 3.05) is 11.4 Å². The number of benzene rings is 2. The Labute approximate surface area is 129 Å². The van der Waals surface area contributed by atoms with Gasteiger partial charge in [-0.3, -0.25) is 4.79 Å². The minimum Gasteiger partial charge on any atom is -0.316 e. The Kier molecular flexibility index (Phi) is 3.95. The van der Waals surface area contributed by atoms with E-state index in [1.165, 1.54) is 5.56 Å². The van der Waals surface area contributed by atoms with E-state index in [0.717, 1.165) is 24.1 Å². The zero-order valence-corrected chi connectivity index (χ0v) is 12.4. The number of anilines is 1. The number of aryl methyl sites for hydroxylation is 1. The lowest BCUT2D eigenvalue weighted by Gasteiger charge is -2.17. The summed E-state index contributed by atoms with van der Waals surface area (Å²) in [4.78, 5) is 14.1. The van der Waals surface area contributed by atoms with E-state index in [9.17, 15) is 4.79 Å². The van der Waals surface area contributed by atoms with Crippen LogP contribution in [-0.2, 0) is 11.2 Å². The second-order valence-corrected chi connectivity index (χ2v) is 5.70. The minimum absolute atomic E-state index is 0.0414. The summed E-state index contributed by atoms with van der Waals surface area (Å²) < 4.78 is 0. The van der Waals surface area contributed by atoms with Crippen molar-refractivity contribution in [3.63, 3.8) is 0 Å². The first-order valence-corrected chi connectivity index (χ1v) is 7.45. The van der Waals surface area contributed by atoms with E-state index in [4.69, 9.17) is 17.3 Å². The average Bonchev–Trinajstić information content (AvgIpc) is 2.73. The molecule has 0 radical (unpaired) electrons. The monoisotopic (exact) mass is 300 g/mol. The summed E-state index contributed by atoms with van der Waals surface area (Å²) >= 11 is 5.98. The van der Waals surface area contributed by atoms with E-state index in [-0.39, 0.29) is 5.91 Å². The Hall–Kier alpha value is -1.84. The molecular weight excluding hydrogens is 284 g/mol. The molecule has 1 aliphatic rings. The predicted octanol–water partition coefficient (Wildman–Crippen LogP) is 3.32. The lowest BCUT2D eigenvalue weighted by molar-refractivity contribution is -0.119. The van der Waals surface area contributed by atoms with Crippen LogP contribution in [0.3, 0.4) is 0 Å². The summed E-state index contributed by atoms with van der Waals surface area (Å²) in [5, 5.41) is 0.614. The number of carbonyl (C=O) groups is 1.